The smallest absolute Gasteiger partial charge is 0.337 e. The number of hydrogen-bond donors (Lipinski definition) is 0. The normalized spacial score (nSPS) is 23.9. The number of carbonyl (C=O) groups excluding carboxylic acids is 1. The van der Waals surface area contributed by atoms with Crippen LogP contribution in [0.1, 0.15) is 36.5 Å². The SMILES string of the molecule is CCO[C@@H]1C[C@H]([C@H](Cc2ccccc2)N(Cc2ccccc2)Cc2ccccc2)[C@H]2C[C@@H](C(=O)OC)ON2O1. The van der Waals surface area contributed by atoms with Gasteiger partial charge in [0.25, 0.3) is 0 Å². The van der Waals surface area contributed by atoms with Crippen molar-refractivity contribution >= 4 is 5.97 Å². The van der Waals surface area contributed by atoms with Crippen LogP contribution in [0.3, 0.4) is 0 Å². The fourth-order valence-electron chi connectivity index (χ4n) is 5.83. The molecule has 0 saturated carbocycles. The minimum Gasteiger partial charge on any atom is -0.467 e. The van der Waals surface area contributed by atoms with E-state index in [9.17, 15) is 4.79 Å². The Morgan fingerprint density at radius 3 is 1.97 bits per heavy atom. The highest BCUT2D eigenvalue weighted by Gasteiger charge is 2.51. The Bertz CT molecular complexity index is 1120. The lowest BCUT2D eigenvalue weighted by Crippen LogP contribution is -2.54. The Kier molecular flexibility index (Phi) is 9.40. The maximum absolute atomic E-state index is 12.5. The number of esters is 1. The molecule has 39 heavy (non-hydrogen) atoms. The Labute approximate surface area is 231 Å². The third kappa shape index (κ3) is 6.93. The lowest BCUT2D eigenvalue weighted by molar-refractivity contribution is -0.442. The highest BCUT2D eigenvalue weighted by atomic mass is 17.0. The van der Waals surface area contributed by atoms with E-state index in [0.29, 0.717) is 19.4 Å². The van der Waals surface area contributed by atoms with Crippen LogP contribution in [0.5, 0.6) is 0 Å². The van der Waals surface area contributed by atoms with E-state index in [2.05, 4.69) is 95.9 Å². The summed E-state index contributed by atoms with van der Waals surface area (Å²) >= 11 is 0. The first-order valence-electron chi connectivity index (χ1n) is 13.8. The van der Waals surface area contributed by atoms with Crippen molar-refractivity contribution in [1.29, 1.82) is 0 Å². The molecule has 0 spiro atoms. The molecule has 2 aliphatic heterocycles. The number of carbonyl (C=O) groups is 1. The summed E-state index contributed by atoms with van der Waals surface area (Å²) in [5, 5.41) is 1.53. The van der Waals surface area contributed by atoms with E-state index in [0.717, 1.165) is 19.5 Å². The minimum atomic E-state index is -0.697. The van der Waals surface area contributed by atoms with Crippen LogP contribution in [0.4, 0.5) is 0 Å². The van der Waals surface area contributed by atoms with Crippen molar-refractivity contribution in [2.45, 2.75) is 63.8 Å². The molecule has 2 saturated heterocycles. The first-order valence-corrected chi connectivity index (χ1v) is 13.8. The fraction of sp³-hybridized carbons (Fsp3) is 0.406. The number of fused-ring (bicyclic) bond motifs is 1. The number of ether oxygens (including phenoxy) is 2. The molecular formula is C32H38N2O5. The number of nitrogens with zero attached hydrogens (tertiary/aromatic N) is 2. The van der Waals surface area contributed by atoms with Gasteiger partial charge >= 0.3 is 5.97 Å². The molecule has 0 unspecified atom stereocenters. The number of benzene rings is 3. The number of hydrogen-bond acceptors (Lipinski definition) is 7. The second kappa shape index (κ2) is 13.3. The third-order valence-electron chi connectivity index (χ3n) is 7.66. The fourth-order valence-corrected chi connectivity index (χ4v) is 5.83. The molecule has 2 aliphatic rings. The summed E-state index contributed by atoms with van der Waals surface area (Å²) in [7, 11) is 1.39. The Morgan fingerprint density at radius 1 is 0.872 bits per heavy atom. The summed E-state index contributed by atoms with van der Waals surface area (Å²) in [4.78, 5) is 27.1. The van der Waals surface area contributed by atoms with Crippen LogP contribution in [0, 0.1) is 5.92 Å². The average molecular weight is 531 g/mol. The Balaban J connectivity index is 1.53. The van der Waals surface area contributed by atoms with Crippen LogP contribution in [0.2, 0.25) is 0 Å². The highest BCUT2D eigenvalue weighted by Crippen LogP contribution is 2.40. The zero-order valence-corrected chi connectivity index (χ0v) is 22.7. The predicted molar refractivity (Wildman–Crippen MR) is 148 cm³/mol. The molecule has 5 atom stereocenters. The molecule has 0 bridgehead atoms. The van der Waals surface area contributed by atoms with Crippen LogP contribution in [0.25, 0.3) is 0 Å². The van der Waals surface area contributed by atoms with Gasteiger partial charge < -0.3 is 9.47 Å². The largest absolute Gasteiger partial charge is 0.467 e. The second-order valence-electron chi connectivity index (χ2n) is 10.2. The molecule has 0 amide bonds. The summed E-state index contributed by atoms with van der Waals surface area (Å²) < 4.78 is 11.0. The highest BCUT2D eigenvalue weighted by molar-refractivity contribution is 5.74. The monoisotopic (exact) mass is 530 g/mol. The van der Waals surface area contributed by atoms with Crippen molar-refractivity contribution in [3.05, 3.63) is 108 Å². The summed E-state index contributed by atoms with van der Waals surface area (Å²) in [6.45, 7) is 4.07. The molecular weight excluding hydrogens is 492 g/mol. The summed E-state index contributed by atoms with van der Waals surface area (Å²) in [5.41, 5.74) is 3.78. The van der Waals surface area contributed by atoms with Gasteiger partial charge in [0.2, 0.25) is 0 Å². The maximum Gasteiger partial charge on any atom is 0.337 e. The van der Waals surface area contributed by atoms with Crippen molar-refractivity contribution in [3.8, 4) is 0 Å². The molecule has 7 nitrogen and oxygen atoms in total. The minimum absolute atomic E-state index is 0.109. The van der Waals surface area contributed by atoms with Gasteiger partial charge in [-0.3, -0.25) is 9.74 Å². The molecule has 0 aliphatic carbocycles. The molecule has 0 radical (unpaired) electrons. The van der Waals surface area contributed by atoms with Crippen LogP contribution in [-0.2, 0) is 43.5 Å². The maximum atomic E-state index is 12.5. The van der Waals surface area contributed by atoms with Crippen LogP contribution in [-0.4, -0.2) is 54.3 Å². The van der Waals surface area contributed by atoms with E-state index in [1.54, 1.807) is 0 Å². The number of hydroxylamine groups is 2. The van der Waals surface area contributed by atoms with Crippen molar-refractivity contribution in [2.75, 3.05) is 13.7 Å². The molecule has 206 valence electrons. The van der Waals surface area contributed by atoms with E-state index in [1.807, 2.05) is 6.92 Å². The molecule has 5 rings (SSSR count). The van der Waals surface area contributed by atoms with Crippen molar-refractivity contribution < 1.29 is 23.9 Å². The summed E-state index contributed by atoms with van der Waals surface area (Å²) in [5.74, 6) is -0.276. The third-order valence-corrected chi connectivity index (χ3v) is 7.66. The average Bonchev–Trinajstić information content (AvgIpc) is 3.41. The molecule has 2 fully saturated rings. The lowest BCUT2D eigenvalue weighted by atomic mass is 9.81. The van der Waals surface area contributed by atoms with E-state index in [-0.39, 0.29) is 24.0 Å². The van der Waals surface area contributed by atoms with Crippen LogP contribution < -0.4 is 0 Å². The van der Waals surface area contributed by atoms with Gasteiger partial charge in [0.15, 0.2) is 12.4 Å². The van der Waals surface area contributed by atoms with Gasteiger partial charge in [0.05, 0.1) is 13.2 Å². The standard InChI is InChI=1S/C32H38N2O5/c1-3-37-31-20-27(29-21-30(32(35)36-2)38-34(29)39-31)28(19-24-13-7-4-8-14-24)33(22-25-15-9-5-10-16-25)23-26-17-11-6-12-18-26/h4-18,27-31H,3,19-23H2,1-2H3/t27-,28+,29-,30+,31+/m1/s1. The molecule has 0 aromatic heterocycles. The van der Waals surface area contributed by atoms with Crippen molar-refractivity contribution in [1.82, 2.24) is 10.1 Å². The molecule has 3 aromatic carbocycles. The first-order chi connectivity index (χ1) is 19.1. The lowest BCUT2D eigenvalue weighted by Gasteiger charge is -2.45. The van der Waals surface area contributed by atoms with Gasteiger partial charge in [-0.25, -0.2) is 9.63 Å². The van der Waals surface area contributed by atoms with Gasteiger partial charge in [-0.1, -0.05) is 96.2 Å². The molecule has 2 heterocycles. The summed E-state index contributed by atoms with van der Waals surface area (Å²) in [6, 6.07) is 31.8. The number of rotatable bonds is 11. The van der Waals surface area contributed by atoms with Crippen molar-refractivity contribution in [3.63, 3.8) is 0 Å². The quantitative estimate of drug-likeness (QED) is 0.317. The van der Waals surface area contributed by atoms with Gasteiger partial charge in [-0.15, -0.1) is 0 Å². The van der Waals surface area contributed by atoms with Crippen molar-refractivity contribution in [2.24, 2.45) is 5.92 Å². The van der Waals surface area contributed by atoms with Crippen LogP contribution >= 0.6 is 0 Å². The predicted octanol–water partition coefficient (Wildman–Crippen LogP) is 5.16. The first kappa shape index (κ1) is 27.5. The zero-order valence-electron chi connectivity index (χ0n) is 22.7. The molecule has 7 heteroatoms. The van der Waals surface area contributed by atoms with Gasteiger partial charge in [0.1, 0.15) is 0 Å². The molecule has 0 N–H and O–H groups in total. The molecule has 3 aromatic rings. The van der Waals surface area contributed by atoms with E-state index < -0.39 is 12.4 Å². The summed E-state index contributed by atoms with van der Waals surface area (Å²) in [6.07, 6.45) is 0.894. The number of methoxy groups -OCH3 is 1. The van der Waals surface area contributed by atoms with Crippen LogP contribution in [0.15, 0.2) is 91.0 Å². The van der Waals surface area contributed by atoms with E-state index in [1.165, 1.54) is 29.0 Å². The topological polar surface area (TPSA) is 60.5 Å². The second-order valence-corrected chi connectivity index (χ2v) is 10.2. The Hall–Kier alpha value is -3.07. The van der Waals surface area contributed by atoms with E-state index >= 15 is 0 Å². The zero-order chi connectivity index (χ0) is 27.0. The van der Waals surface area contributed by atoms with E-state index in [4.69, 9.17) is 19.1 Å². The Morgan fingerprint density at radius 2 is 1.44 bits per heavy atom. The van der Waals surface area contributed by atoms with Gasteiger partial charge in [-0.2, -0.15) is 0 Å². The van der Waals surface area contributed by atoms with Gasteiger partial charge in [-0.05, 0) is 30.0 Å². The van der Waals surface area contributed by atoms with Gasteiger partial charge in [0, 0.05) is 44.5 Å².